The molecular formula is C18H21N5O4. The molecule has 27 heavy (non-hydrogen) atoms. The topological polar surface area (TPSA) is 114 Å². The molecule has 0 saturated heterocycles. The standard InChI is InChI=1S/C18H21N5O4/c1-12-5-4-6-16(21-12)22-18(25)19-11-17(24)23-20-10-13-7-8-14(26-2)15(9-13)27-3/h4-10H,11H2,1-3H3,(H,23,24)(H2,19,21,22,25)/b20-10-. The third-order valence-electron chi connectivity index (χ3n) is 3.35. The van der Waals surface area contributed by atoms with E-state index in [1.165, 1.54) is 13.3 Å². The van der Waals surface area contributed by atoms with E-state index < -0.39 is 11.9 Å². The Morgan fingerprint density at radius 3 is 2.63 bits per heavy atom. The number of urea groups is 1. The first-order valence-electron chi connectivity index (χ1n) is 8.04. The molecule has 0 aliphatic carbocycles. The molecule has 9 heteroatoms. The van der Waals surface area contributed by atoms with Gasteiger partial charge >= 0.3 is 6.03 Å². The number of hydrogen-bond donors (Lipinski definition) is 3. The van der Waals surface area contributed by atoms with E-state index in [1.54, 1.807) is 37.4 Å². The van der Waals surface area contributed by atoms with Gasteiger partial charge in [0.05, 0.1) is 20.4 Å². The van der Waals surface area contributed by atoms with Gasteiger partial charge in [-0.3, -0.25) is 10.1 Å². The summed E-state index contributed by atoms with van der Waals surface area (Å²) in [6.07, 6.45) is 1.45. The first-order valence-corrected chi connectivity index (χ1v) is 8.04. The number of aryl methyl sites for hydroxylation is 1. The van der Waals surface area contributed by atoms with Crippen molar-refractivity contribution in [3.8, 4) is 11.5 Å². The predicted molar refractivity (Wildman–Crippen MR) is 101 cm³/mol. The monoisotopic (exact) mass is 371 g/mol. The quantitative estimate of drug-likeness (QED) is 0.506. The van der Waals surface area contributed by atoms with Crippen LogP contribution < -0.4 is 25.5 Å². The fraction of sp³-hybridized carbons (Fsp3) is 0.222. The Bertz CT molecular complexity index is 838. The second kappa shape index (κ2) is 9.76. The van der Waals surface area contributed by atoms with Crippen molar-refractivity contribution in [2.45, 2.75) is 6.92 Å². The third kappa shape index (κ3) is 6.31. The molecule has 2 rings (SSSR count). The van der Waals surface area contributed by atoms with Crippen molar-refractivity contribution < 1.29 is 19.1 Å². The summed E-state index contributed by atoms with van der Waals surface area (Å²) in [5.41, 5.74) is 3.81. The number of amides is 3. The van der Waals surface area contributed by atoms with Crippen LogP contribution in [0.5, 0.6) is 11.5 Å². The SMILES string of the molecule is COc1ccc(/C=N\NC(=O)CNC(=O)Nc2cccc(C)n2)cc1OC. The van der Waals surface area contributed by atoms with E-state index in [-0.39, 0.29) is 6.54 Å². The van der Waals surface area contributed by atoms with Gasteiger partial charge in [-0.1, -0.05) is 6.07 Å². The molecule has 1 aromatic carbocycles. The smallest absolute Gasteiger partial charge is 0.320 e. The highest BCUT2D eigenvalue weighted by Crippen LogP contribution is 2.26. The summed E-state index contributed by atoms with van der Waals surface area (Å²) in [7, 11) is 3.08. The maximum atomic E-state index is 11.7. The molecule has 0 radical (unpaired) electrons. The van der Waals surface area contributed by atoms with Crippen molar-refractivity contribution in [3.05, 3.63) is 47.7 Å². The number of pyridine rings is 1. The summed E-state index contributed by atoms with van der Waals surface area (Å²) >= 11 is 0. The highest BCUT2D eigenvalue weighted by Gasteiger charge is 2.06. The van der Waals surface area contributed by atoms with Crippen LogP contribution in [-0.4, -0.2) is 43.9 Å². The van der Waals surface area contributed by atoms with Gasteiger partial charge in [0.15, 0.2) is 11.5 Å². The van der Waals surface area contributed by atoms with Crippen LogP contribution >= 0.6 is 0 Å². The summed E-state index contributed by atoms with van der Waals surface area (Å²) in [5, 5.41) is 8.80. The number of methoxy groups -OCH3 is 2. The Hall–Kier alpha value is -3.62. The van der Waals surface area contributed by atoms with Crippen molar-refractivity contribution in [3.63, 3.8) is 0 Å². The number of ether oxygens (including phenoxy) is 2. The second-order valence-electron chi connectivity index (χ2n) is 5.38. The minimum Gasteiger partial charge on any atom is -0.493 e. The third-order valence-corrected chi connectivity index (χ3v) is 3.35. The number of aromatic nitrogens is 1. The molecule has 0 aliphatic rings. The average molecular weight is 371 g/mol. The maximum Gasteiger partial charge on any atom is 0.320 e. The number of benzene rings is 1. The van der Waals surface area contributed by atoms with Crippen LogP contribution in [-0.2, 0) is 4.79 Å². The maximum absolute atomic E-state index is 11.7. The molecular weight excluding hydrogens is 350 g/mol. The highest BCUT2D eigenvalue weighted by atomic mass is 16.5. The number of rotatable bonds is 7. The first kappa shape index (κ1) is 19.7. The number of hydrogen-bond acceptors (Lipinski definition) is 6. The Kier molecular flexibility index (Phi) is 7.12. The molecule has 0 saturated carbocycles. The molecule has 0 spiro atoms. The summed E-state index contributed by atoms with van der Waals surface area (Å²) in [5.74, 6) is 1.08. The summed E-state index contributed by atoms with van der Waals surface area (Å²) in [6, 6.07) is 9.91. The van der Waals surface area contributed by atoms with Gasteiger partial charge < -0.3 is 14.8 Å². The zero-order valence-corrected chi connectivity index (χ0v) is 15.3. The molecule has 3 amide bonds. The van der Waals surface area contributed by atoms with E-state index >= 15 is 0 Å². The van der Waals surface area contributed by atoms with Crippen LogP contribution in [0, 0.1) is 6.92 Å². The molecule has 0 fully saturated rings. The summed E-state index contributed by atoms with van der Waals surface area (Å²) < 4.78 is 10.3. The minimum absolute atomic E-state index is 0.235. The lowest BCUT2D eigenvalue weighted by atomic mass is 10.2. The fourth-order valence-corrected chi connectivity index (χ4v) is 2.09. The molecule has 142 valence electrons. The number of anilines is 1. The van der Waals surface area contributed by atoms with Gasteiger partial charge in [0.25, 0.3) is 5.91 Å². The fourth-order valence-electron chi connectivity index (χ4n) is 2.09. The molecule has 0 unspecified atom stereocenters. The van der Waals surface area contributed by atoms with Crippen LogP contribution in [0.2, 0.25) is 0 Å². The van der Waals surface area contributed by atoms with Crippen LogP contribution in [0.3, 0.4) is 0 Å². The lowest BCUT2D eigenvalue weighted by Gasteiger charge is -2.07. The van der Waals surface area contributed by atoms with Crippen molar-refractivity contribution >= 4 is 24.0 Å². The minimum atomic E-state index is -0.535. The Labute approximate surface area is 156 Å². The largest absolute Gasteiger partial charge is 0.493 e. The van der Waals surface area contributed by atoms with Crippen LogP contribution in [0.25, 0.3) is 0 Å². The van der Waals surface area contributed by atoms with Crippen LogP contribution in [0.1, 0.15) is 11.3 Å². The van der Waals surface area contributed by atoms with Gasteiger partial charge in [-0.25, -0.2) is 15.2 Å². The Morgan fingerprint density at radius 1 is 1.15 bits per heavy atom. The molecule has 0 atom stereocenters. The van der Waals surface area contributed by atoms with E-state index in [1.807, 2.05) is 13.0 Å². The van der Waals surface area contributed by atoms with E-state index in [9.17, 15) is 9.59 Å². The van der Waals surface area contributed by atoms with Gasteiger partial charge in [0, 0.05) is 5.69 Å². The number of carbonyl (C=O) groups is 2. The highest BCUT2D eigenvalue weighted by molar-refractivity contribution is 5.91. The predicted octanol–water partition coefficient (Wildman–Crippen LogP) is 1.68. The van der Waals surface area contributed by atoms with Crippen molar-refractivity contribution in [2.75, 3.05) is 26.1 Å². The lowest BCUT2D eigenvalue weighted by Crippen LogP contribution is -2.37. The molecule has 2 aromatic rings. The van der Waals surface area contributed by atoms with Gasteiger partial charge in [-0.05, 0) is 42.8 Å². The van der Waals surface area contributed by atoms with Crippen LogP contribution in [0.4, 0.5) is 10.6 Å². The van der Waals surface area contributed by atoms with Gasteiger partial charge in [0.1, 0.15) is 12.4 Å². The normalized spacial score (nSPS) is 10.3. The molecule has 1 aromatic heterocycles. The molecule has 9 nitrogen and oxygen atoms in total. The zero-order chi connectivity index (χ0) is 19.6. The lowest BCUT2D eigenvalue weighted by molar-refractivity contribution is -0.120. The molecule has 1 heterocycles. The number of hydrazone groups is 1. The number of nitrogens with zero attached hydrogens (tertiary/aromatic N) is 2. The van der Waals surface area contributed by atoms with E-state index in [0.29, 0.717) is 22.9 Å². The van der Waals surface area contributed by atoms with E-state index in [2.05, 4.69) is 26.1 Å². The van der Waals surface area contributed by atoms with Gasteiger partial charge in [-0.2, -0.15) is 5.10 Å². The van der Waals surface area contributed by atoms with Crippen LogP contribution in [0.15, 0.2) is 41.5 Å². The van der Waals surface area contributed by atoms with Crippen molar-refractivity contribution in [1.29, 1.82) is 0 Å². The van der Waals surface area contributed by atoms with E-state index in [4.69, 9.17) is 9.47 Å². The second-order valence-corrected chi connectivity index (χ2v) is 5.38. The van der Waals surface area contributed by atoms with E-state index in [0.717, 1.165) is 5.69 Å². The number of carbonyl (C=O) groups excluding carboxylic acids is 2. The summed E-state index contributed by atoms with van der Waals surface area (Å²) in [6.45, 7) is 1.58. The molecule has 3 N–H and O–H groups in total. The molecule has 0 bridgehead atoms. The first-order chi connectivity index (χ1) is 13.0. The average Bonchev–Trinajstić information content (AvgIpc) is 2.66. The summed E-state index contributed by atoms with van der Waals surface area (Å²) in [4.78, 5) is 27.6. The van der Waals surface area contributed by atoms with Gasteiger partial charge in [0.2, 0.25) is 0 Å². The zero-order valence-electron chi connectivity index (χ0n) is 15.3. The van der Waals surface area contributed by atoms with Crippen molar-refractivity contribution in [1.82, 2.24) is 15.7 Å². The Balaban J connectivity index is 1.78. The Morgan fingerprint density at radius 2 is 1.93 bits per heavy atom. The molecule has 0 aliphatic heterocycles. The van der Waals surface area contributed by atoms with Gasteiger partial charge in [-0.15, -0.1) is 0 Å². The number of nitrogens with one attached hydrogen (secondary N) is 3. The van der Waals surface area contributed by atoms with Crippen molar-refractivity contribution in [2.24, 2.45) is 5.10 Å².